The Hall–Kier alpha value is -0.940. The van der Waals surface area contributed by atoms with Gasteiger partial charge in [0, 0.05) is 12.0 Å². The Balaban J connectivity index is 3.11. The van der Waals surface area contributed by atoms with Crippen LogP contribution < -0.4 is 4.74 Å². The Kier molecular flexibility index (Phi) is 3.19. The Labute approximate surface area is 80.9 Å². The molecular weight excluding hydrogens is 216 g/mol. The van der Waals surface area contributed by atoms with E-state index in [0.717, 1.165) is 15.8 Å². The Morgan fingerprint density at radius 1 is 1.58 bits per heavy atom. The quantitative estimate of drug-likeness (QED) is 0.703. The molecule has 1 aromatic carbocycles. The fourth-order valence-corrected chi connectivity index (χ4v) is 1.60. The summed E-state index contributed by atoms with van der Waals surface area (Å²) in [6.45, 7) is 0. The van der Waals surface area contributed by atoms with Crippen LogP contribution >= 0.6 is 15.9 Å². The van der Waals surface area contributed by atoms with Gasteiger partial charge in [-0.15, -0.1) is 12.3 Å². The average molecular weight is 225 g/mol. The van der Waals surface area contributed by atoms with Gasteiger partial charge in [0.05, 0.1) is 11.6 Å². The molecule has 0 aliphatic heterocycles. The number of ether oxygens (including phenoxy) is 1. The van der Waals surface area contributed by atoms with E-state index >= 15 is 0 Å². The van der Waals surface area contributed by atoms with Crippen LogP contribution in [0.25, 0.3) is 0 Å². The molecule has 1 rings (SSSR count). The zero-order valence-corrected chi connectivity index (χ0v) is 8.39. The van der Waals surface area contributed by atoms with E-state index in [2.05, 4.69) is 21.9 Å². The predicted octanol–water partition coefficient (Wildman–Crippen LogP) is 2.63. The lowest BCUT2D eigenvalue weighted by molar-refractivity contribution is 0.408. The van der Waals surface area contributed by atoms with E-state index in [-0.39, 0.29) is 0 Å². The van der Waals surface area contributed by atoms with E-state index in [4.69, 9.17) is 11.2 Å². The molecule has 0 aliphatic rings. The van der Waals surface area contributed by atoms with Crippen molar-refractivity contribution in [3.8, 4) is 18.1 Å². The zero-order chi connectivity index (χ0) is 8.97. The maximum atomic E-state index is 5.21. The number of halogens is 1. The van der Waals surface area contributed by atoms with Gasteiger partial charge in [-0.3, -0.25) is 0 Å². The monoisotopic (exact) mass is 224 g/mol. The van der Waals surface area contributed by atoms with Crippen molar-refractivity contribution in [1.29, 1.82) is 0 Å². The van der Waals surface area contributed by atoms with Crippen LogP contribution in [0.3, 0.4) is 0 Å². The summed E-state index contributed by atoms with van der Waals surface area (Å²) in [5, 5.41) is 0. The standard InChI is InChI=1S/C10H9BrO/c1-3-5-8-6-4-7-9(11)10(8)12-2/h1,4,6-7H,5H2,2H3. The first-order valence-electron chi connectivity index (χ1n) is 3.54. The summed E-state index contributed by atoms with van der Waals surface area (Å²) < 4.78 is 6.13. The maximum Gasteiger partial charge on any atom is 0.137 e. The van der Waals surface area contributed by atoms with Crippen LogP contribution in [0.15, 0.2) is 22.7 Å². The molecule has 0 saturated carbocycles. The Morgan fingerprint density at radius 3 is 2.92 bits per heavy atom. The van der Waals surface area contributed by atoms with Crippen molar-refractivity contribution in [2.75, 3.05) is 7.11 Å². The molecule has 0 unspecified atom stereocenters. The van der Waals surface area contributed by atoms with E-state index in [1.165, 1.54) is 0 Å². The number of rotatable bonds is 2. The fourth-order valence-electron chi connectivity index (χ4n) is 1.03. The van der Waals surface area contributed by atoms with Crippen LogP contribution in [0.5, 0.6) is 5.75 Å². The van der Waals surface area contributed by atoms with Gasteiger partial charge in [-0.2, -0.15) is 0 Å². The molecular formula is C10H9BrO. The molecule has 0 saturated heterocycles. The van der Waals surface area contributed by atoms with Gasteiger partial charge in [-0.1, -0.05) is 12.1 Å². The van der Waals surface area contributed by atoms with Crippen molar-refractivity contribution in [2.24, 2.45) is 0 Å². The third kappa shape index (κ3) is 1.80. The molecule has 0 radical (unpaired) electrons. The molecule has 0 aromatic heterocycles. The summed E-state index contributed by atoms with van der Waals surface area (Å²) >= 11 is 3.38. The number of terminal acetylenes is 1. The Morgan fingerprint density at radius 2 is 2.33 bits per heavy atom. The largest absolute Gasteiger partial charge is 0.495 e. The molecule has 0 heterocycles. The fraction of sp³-hybridized carbons (Fsp3) is 0.200. The molecule has 0 spiro atoms. The van der Waals surface area contributed by atoms with E-state index in [1.54, 1.807) is 7.11 Å². The van der Waals surface area contributed by atoms with E-state index < -0.39 is 0 Å². The molecule has 0 atom stereocenters. The topological polar surface area (TPSA) is 9.23 Å². The molecule has 0 fully saturated rings. The van der Waals surface area contributed by atoms with Crippen molar-refractivity contribution in [3.63, 3.8) is 0 Å². The van der Waals surface area contributed by atoms with Crippen LogP contribution in [-0.2, 0) is 6.42 Å². The molecule has 1 aromatic rings. The smallest absolute Gasteiger partial charge is 0.137 e. The van der Waals surface area contributed by atoms with Crippen LogP contribution in [0.4, 0.5) is 0 Å². The number of hydrogen-bond donors (Lipinski definition) is 0. The lowest BCUT2D eigenvalue weighted by Crippen LogP contribution is -1.91. The minimum Gasteiger partial charge on any atom is -0.495 e. The van der Waals surface area contributed by atoms with Crippen molar-refractivity contribution in [3.05, 3.63) is 28.2 Å². The molecule has 0 amide bonds. The van der Waals surface area contributed by atoms with Crippen LogP contribution in [-0.4, -0.2) is 7.11 Å². The molecule has 2 heteroatoms. The lowest BCUT2D eigenvalue weighted by Gasteiger charge is -2.07. The minimum atomic E-state index is 0.600. The highest BCUT2D eigenvalue weighted by molar-refractivity contribution is 9.10. The normalized spacial score (nSPS) is 9.08. The highest BCUT2D eigenvalue weighted by Gasteiger charge is 2.04. The van der Waals surface area contributed by atoms with Crippen molar-refractivity contribution < 1.29 is 4.74 Å². The van der Waals surface area contributed by atoms with Crippen molar-refractivity contribution in [1.82, 2.24) is 0 Å². The minimum absolute atomic E-state index is 0.600. The highest BCUT2D eigenvalue weighted by atomic mass is 79.9. The molecule has 0 bridgehead atoms. The summed E-state index contributed by atoms with van der Waals surface area (Å²) in [6.07, 6.45) is 5.81. The first-order chi connectivity index (χ1) is 5.79. The van der Waals surface area contributed by atoms with E-state index in [1.807, 2.05) is 18.2 Å². The summed E-state index contributed by atoms with van der Waals surface area (Å²) in [5.41, 5.74) is 1.04. The van der Waals surface area contributed by atoms with Gasteiger partial charge >= 0.3 is 0 Å². The first kappa shape index (κ1) is 9.15. The summed E-state index contributed by atoms with van der Waals surface area (Å²) in [6, 6.07) is 5.83. The molecule has 0 aliphatic carbocycles. The van der Waals surface area contributed by atoms with Crippen LogP contribution in [0.1, 0.15) is 5.56 Å². The second-order valence-electron chi connectivity index (χ2n) is 2.31. The zero-order valence-electron chi connectivity index (χ0n) is 6.80. The van der Waals surface area contributed by atoms with Gasteiger partial charge < -0.3 is 4.74 Å². The second-order valence-corrected chi connectivity index (χ2v) is 3.17. The van der Waals surface area contributed by atoms with Crippen LogP contribution in [0.2, 0.25) is 0 Å². The van der Waals surface area contributed by atoms with Gasteiger partial charge in [-0.25, -0.2) is 0 Å². The first-order valence-corrected chi connectivity index (χ1v) is 4.33. The van der Waals surface area contributed by atoms with Crippen LogP contribution in [0, 0.1) is 12.3 Å². The van der Waals surface area contributed by atoms with Gasteiger partial charge in [0.25, 0.3) is 0 Å². The maximum absolute atomic E-state index is 5.21. The number of benzene rings is 1. The highest BCUT2D eigenvalue weighted by Crippen LogP contribution is 2.28. The van der Waals surface area contributed by atoms with Gasteiger partial charge in [0.1, 0.15) is 5.75 Å². The lowest BCUT2D eigenvalue weighted by atomic mass is 10.1. The summed E-state index contributed by atoms with van der Waals surface area (Å²) in [5.74, 6) is 3.41. The van der Waals surface area contributed by atoms with Gasteiger partial charge in [-0.05, 0) is 22.0 Å². The molecule has 12 heavy (non-hydrogen) atoms. The summed E-state index contributed by atoms with van der Waals surface area (Å²) in [7, 11) is 1.64. The van der Waals surface area contributed by atoms with Gasteiger partial charge in [0.15, 0.2) is 0 Å². The SMILES string of the molecule is C#CCc1cccc(Br)c1OC. The average Bonchev–Trinajstić information content (AvgIpc) is 2.05. The summed E-state index contributed by atoms with van der Waals surface area (Å²) in [4.78, 5) is 0. The molecule has 1 nitrogen and oxygen atoms in total. The number of methoxy groups -OCH3 is 1. The van der Waals surface area contributed by atoms with E-state index in [9.17, 15) is 0 Å². The molecule has 62 valence electrons. The van der Waals surface area contributed by atoms with Crippen molar-refractivity contribution in [2.45, 2.75) is 6.42 Å². The number of hydrogen-bond acceptors (Lipinski definition) is 1. The van der Waals surface area contributed by atoms with Gasteiger partial charge in [0.2, 0.25) is 0 Å². The van der Waals surface area contributed by atoms with Crippen molar-refractivity contribution >= 4 is 15.9 Å². The third-order valence-electron chi connectivity index (χ3n) is 1.55. The second kappa shape index (κ2) is 4.18. The Bertz CT molecular complexity index is 312. The van der Waals surface area contributed by atoms with E-state index in [0.29, 0.717) is 6.42 Å². The molecule has 0 N–H and O–H groups in total. The predicted molar refractivity (Wildman–Crippen MR) is 53.2 cm³/mol. The number of para-hydroxylation sites is 1. The third-order valence-corrected chi connectivity index (χ3v) is 2.17.